The largest absolute Gasteiger partial charge is 0.481 e. The van der Waals surface area contributed by atoms with Gasteiger partial charge in [-0.25, -0.2) is 9.78 Å². The summed E-state index contributed by atoms with van der Waals surface area (Å²) >= 11 is 0. The summed E-state index contributed by atoms with van der Waals surface area (Å²) in [7, 11) is 0. The summed E-state index contributed by atoms with van der Waals surface area (Å²) < 4.78 is 0. The summed E-state index contributed by atoms with van der Waals surface area (Å²) in [6, 6.07) is 1.77. The van der Waals surface area contributed by atoms with Gasteiger partial charge in [0.2, 0.25) is 29.5 Å². The topological polar surface area (TPSA) is 301 Å². The van der Waals surface area contributed by atoms with Crippen molar-refractivity contribution in [1.82, 2.24) is 36.6 Å². The van der Waals surface area contributed by atoms with Crippen molar-refractivity contribution in [2.45, 2.75) is 122 Å². The van der Waals surface area contributed by atoms with E-state index in [2.05, 4.69) is 36.6 Å². The molecule has 310 valence electrons. The average molecular weight is 786 g/mol. The van der Waals surface area contributed by atoms with Crippen LogP contribution < -0.4 is 38.1 Å². The predicted molar refractivity (Wildman–Crippen MR) is 206 cm³/mol. The zero-order valence-electron chi connectivity index (χ0n) is 32.6. The number of nitrogens with two attached hydrogens (primary N) is 2. The highest BCUT2D eigenvalue weighted by Crippen LogP contribution is 2.13. The smallest absolute Gasteiger partial charge is 0.326 e. The van der Waals surface area contributed by atoms with E-state index in [0.29, 0.717) is 31.5 Å². The lowest BCUT2D eigenvalue weighted by atomic mass is 9.96. The third-order valence-corrected chi connectivity index (χ3v) is 9.22. The molecule has 5 amide bonds. The molecule has 2 aromatic rings. The summed E-state index contributed by atoms with van der Waals surface area (Å²) in [6.07, 6.45) is 3.70. The number of carboxylic acids is 2. The minimum Gasteiger partial charge on any atom is -0.481 e. The molecule has 0 bridgehead atoms. The highest BCUT2D eigenvalue weighted by molar-refractivity contribution is 5.96. The Kier molecular flexibility index (Phi) is 20.2. The van der Waals surface area contributed by atoms with Crippen LogP contribution in [0.3, 0.4) is 0 Å². The van der Waals surface area contributed by atoms with Gasteiger partial charge in [-0.1, -0.05) is 64.4 Å². The molecule has 18 nitrogen and oxygen atoms in total. The number of H-pyrrole nitrogens is 1. The second kappa shape index (κ2) is 24.2. The second-order valence-corrected chi connectivity index (χ2v) is 14.4. The van der Waals surface area contributed by atoms with Crippen LogP contribution in [-0.4, -0.2) is 104 Å². The number of aliphatic carboxylic acids is 2. The summed E-state index contributed by atoms with van der Waals surface area (Å²) in [5.74, 6) is -6.84. The van der Waals surface area contributed by atoms with Gasteiger partial charge >= 0.3 is 11.9 Å². The first-order chi connectivity index (χ1) is 26.6. The molecule has 1 heterocycles. The van der Waals surface area contributed by atoms with Crippen molar-refractivity contribution in [3.63, 3.8) is 0 Å². The molecule has 18 heteroatoms. The molecule has 0 unspecified atom stereocenters. The first-order valence-corrected chi connectivity index (χ1v) is 19.0. The SMILES string of the molecule is CC[C@H](C)[C@@H](NC(=O)[C@@H](CCC(=O)O)NC(=O)[C@H](Cc1cnc[nH]1)NC(=O)[C@H](CC(C)C)NC(=O)[C@H](N)Cc1ccccc1)C(=O)N[C@@H](CCCCN)C(=O)O. The Bertz CT molecular complexity index is 1570. The Morgan fingerprint density at radius 2 is 1.36 bits per heavy atom. The van der Waals surface area contributed by atoms with Gasteiger partial charge in [-0.15, -0.1) is 0 Å². The van der Waals surface area contributed by atoms with Crippen LogP contribution in [0.4, 0.5) is 0 Å². The number of rotatable bonds is 26. The molecule has 1 aromatic carbocycles. The zero-order valence-corrected chi connectivity index (χ0v) is 32.6. The van der Waals surface area contributed by atoms with Crippen molar-refractivity contribution in [3.05, 3.63) is 54.1 Å². The highest BCUT2D eigenvalue weighted by atomic mass is 16.4. The molecule has 1 aromatic heterocycles. The van der Waals surface area contributed by atoms with Crippen LogP contribution in [0.25, 0.3) is 0 Å². The Morgan fingerprint density at radius 3 is 1.93 bits per heavy atom. The summed E-state index contributed by atoms with van der Waals surface area (Å²) in [5.41, 5.74) is 13.0. The molecule has 0 aliphatic rings. The molecule has 0 aliphatic carbocycles. The number of hydrogen-bond donors (Lipinski definition) is 10. The minimum absolute atomic E-state index is 0.0623. The number of carbonyl (C=O) groups is 7. The summed E-state index contributed by atoms with van der Waals surface area (Å²) in [5, 5.41) is 32.1. The molecule has 0 saturated carbocycles. The van der Waals surface area contributed by atoms with Crippen LogP contribution in [0.2, 0.25) is 0 Å². The van der Waals surface area contributed by atoms with Crippen LogP contribution in [0.15, 0.2) is 42.9 Å². The number of carboxylic acid groups (broad SMARTS) is 2. The number of imidazole rings is 1. The first-order valence-electron chi connectivity index (χ1n) is 19.0. The van der Waals surface area contributed by atoms with E-state index < -0.39 is 90.1 Å². The van der Waals surface area contributed by atoms with E-state index in [1.807, 2.05) is 44.2 Å². The van der Waals surface area contributed by atoms with Gasteiger partial charge in [0.25, 0.3) is 0 Å². The fourth-order valence-corrected chi connectivity index (χ4v) is 5.82. The molecule has 0 spiro atoms. The van der Waals surface area contributed by atoms with Gasteiger partial charge < -0.3 is 53.2 Å². The van der Waals surface area contributed by atoms with Crippen LogP contribution in [0.1, 0.15) is 83.9 Å². The lowest BCUT2D eigenvalue weighted by molar-refractivity contribution is -0.143. The van der Waals surface area contributed by atoms with Crippen LogP contribution in [0, 0.1) is 11.8 Å². The van der Waals surface area contributed by atoms with Crippen LogP contribution in [-0.2, 0) is 46.4 Å². The van der Waals surface area contributed by atoms with Crippen molar-refractivity contribution in [2.24, 2.45) is 23.3 Å². The number of benzene rings is 1. The van der Waals surface area contributed by atoms with Crippen molar-refractivity contribution < 1.29 is 43.8 Å². The number of nitrogens with one attached hydrogen (secondary N) is 6. The maximum absolute atomic E-state index is 13.9. The summed E-state index contributed by atoms with van der Waals surface area (Å²) in [4.78, 5) is 98.4. The quantitative estimate of drug-likeness (QED) is 0.0569. The van der Waals surface area contributed by atoms with Gasteiger partial charge in [0.05, 0.1) is 12.4 Å². The highest BCUT2D eigenvalue weighted by Gasteiger charge is 2.35. The normalized spacial score (nSPS) is 14.9. The fourth-order valence-electron chi connectivity index (χ4n) is 5.82. The Labute approximate surface area is 327 Å². The third kappa shape index (κ3) is 16.6. The average Bonchev–Trinajstić information content (AvgIpc) is 3.67. The number of unbranched alkanes of at least 4 members (excludes halogenated alkanes) is 1. The molecule has 0 radical (unpaired) electrons. The lowest BCUT2D eigenvalue weighted by Gasteiger charge is -2.29. The van der Waals surface area contributed by atoms with Crippen molar-refractivity contribution in [3.8, 4) is 0 Å². The number of aromatic amines is 1. The first kappa shape index (κ1) is 46.8. The van der Waals surface area contributed by atoms with E-state index in [0.717, 1.165) is 5.56 Å². The predicted octanol–water partition coefficient (Wildman–Crippen LogP) is 0.117. The molecular weight excluding hydrogens is 726 g/mol. The van der Waals surface area contributed by atoms with E-state index in [1.165, 1.54) is 12.5 Å². The maximum atomic E-state index is 13.9. The molecule has 12 N–H and O–H groups in total. The second-order valence-electron chi connectivity index (χ2n) is 14.4. The van der Waals surface area contributed by atoms with Gasteiger partial charge in [0, 0.05) is 24.7 Å². The number of carbonyl (C=O) groups excluding carboxylic acids is 5. The van der Waals surface area contributed by atoms with Gasteiger partial charge in [0.15, 0.2) is 0 Å². The van der Waals surface area contributed by atoms with Gasteiger partial charge in [-0.3, -0.25) is 28.8 Å². The zero-order chi connectivity index (χ0) is 41.8. The number of hydrogen-bond acceptors (Lipinski definition) is 10. The lowest BCUT2D eigenvalue weighted by Crippen LogP contribution is -2.60. The van der Waals surface area contributed by atoms with Crippen molar-refractivity contribution in [2.75, 3.05) is 6.54 Å². The minimum atomic E-state index is -1.49. The monoisotopic (exact) mass is 785 g/mol. The number of amides is 5. The van der Waals surface area contributed by atoms with E-state index in [1.54, 1.807) is 13.8 Å². The molecule has 0 fully saturated rings. The van der Waals surface area contributed by atoms with E-state index in [-0.39, 0.29) is 38.0 Å². The van der Waals surface area contributed by atoms with Gasteiger partial charge in [-0.2, -0.15) is 0 Å². The molecule has 0 aliphatic heterocycles. The summed E-state index contributed by atoms with van der Waals surface area (Å²) in [6.45, 7) is 7.50. The number of aromatic nitrogens is 2. The van der Waals surface area contributed by atoms with Crippen LogP contribution in [0.5, 0.6) is 0 Å². The standard InChI is InChI=1S/C38H59N9O9/c1-5-23(4)32(37(54)44-28(38(55)56)13-9-10-16-39)47-34(51)27(14-15-31(48)49)43-36(53)30(19-25-20-41-21-42-25)46-35(52)29(17-22(2)3)45-33(50)26(40)18-24-11-7-6-8-12-24/h6-8,11-12,20-23,26-30,32H,5,9-10,13-19,39-40H2,1-4H3,(H,41,42)(H,43,53)(H,44,54)(H,45,50)(H,46,52)(H,47,51)(H,48,49)(H,55,56)/t23-,26+,27+,28-,29-,30-,32+/m0/s1. The Morgan fingerprint density at radius 1 is 0.750 bits per heavy atom. The fraction of sp³-hybridized carbons (Fsp3) is 0.579. The Hall–Kier alpha value is -5.36. The molecule has 7 atom stereocenters. The van der Waals surface area contributed by atoms with E-state index >= 15 is 0 Å². The van der Waals surface area contributed by atoms with Crippen molar-refractivity contribution >= 4 is 41.5 Å². The van der Waals surface area contributed by atoms with Gasteiger partial charge in [0.1, 0.15) is 30.2 Å². The van der Waals surface area contributed by atoms with Crippen LogP contribution >= 0.6 is 0 Å². The van der Waals surface area contributed by atoms with Gasteiger partial charge in [-0.05, 0) is 62.5 Å². The molecule has 0 saturated heterocycles. The Balaban J connectivity index is 2.33. The van der Waals surface area contributed by atoms with Crippen molar-refractivity contribution in [1.29, 1.82) is 0 Å². The molecule has 56 heavy (non-hydrogen) atoms. The van der Waals surface area contributed by atoms with E-state index in [4.69, 9.17) is 11.5 Å². The molecule has 2 rings (SSSR count). The van der Waals surface area contributed by atoms with E-state index in [9.17, 15) is 43.8 Å². The number of nitrogens with zero attached hydrogens (tertiary/aromatic N) is 1. The third-order valence-electron chi connectivity index (χ3n) is 9.22. The molecular formula is C38H59N9O9. The maximum Gasteiger partial charge on any atom is 0.326 e.